The molecule has 0 unspecified atom stereocenters. The van der Waals surface area contributed by atoms with Crippen LogP contribution in [-0.2, 0) is 6.54 Å². The van der Waals surface area contributed by atoms with Gasteiger partial charge in [0.15, 0.2) is 0 Å². The molecular weight excluding hydrogens is 302 g/mol. The van der Waals surface area contributed by atoms with Crippen molar-refractivity contribution in [1.82, 2.24) is 4.90 Å². The van der Waals surface area contributed by atoms with E-state index in [2.05, 4.69) is 11.8 Å². The molecule has 0 aliphatic heterocycles. The zero-order chi connectivity index (χ0) is 15.4. The Balaban J connectivity index is 2.05. The number of rotatable bonds is 3. The van der Waals surface area contributed by atoms with Gasteiger partial charge in [-0.25, -0.2) is 0 Å². The molecule has 0 aromatic carbocycles. The van der Waals surface area contributed by atoms with E-state index in [0.717, 1.165) is 20.9 Å². The van der Waals surface area contributed by atoms with Crippen molar-refractivity contribution >= 4 is 28.6 Å². The normalized spacial score (nSPS) is 10.1. The number of aliphatic hydroxyl groups excluding tert-OH is 1. The Kier molecular flexibility index (Phi) is 5.18. The molecule has 21 heavy (non-hydrogen) atoms. The zero-order valence-corrected chi connectivity index (χ0v) is 13.9. The second-order valence-electron chi connectivity index (χ2n) is 4.77. The molecule has 0 atom stereocenters. The van der Waals surface area contributed by atoms with Crippen LogP contribution in [0, 0.1) is 25.7 Å². The maximum absolute atomic E-state index is 12.4. The minimum Gasteiger partial charge on any atom is -0.384 e. The largest absolute Gasteiger partial charge is 0.384 e. The SMILES string of the molecule is Cc1cc(C(=O)N(C)Cc2cc(C#CCO)cs2)sc1C. The second-order valence-corrected chi connectivity index (χ2v) is 7.02. The van der Waals surface area contributed by atoms with Gasteiger partial charge in [-0.3, -0.25) is 4.79 Å². The summed E-state index contributed by atoms with van der Waals surface area (Å²) in [6.07, 6.45) is 0. The van der Waals surface area contributed by atoms with E-state index in [-0.39, 0.29) is 12.5 Å². The molecule has 2 heterocycles. The third-order valence-electron chi connectivity index (χ3n) is 3.08. The van der Waals surface area contributed by atoms with Crippen LogP contribution >= 0.6 is 22.7 Å². The first-order valence-corrected chi connectivity index (χ1v) is 8.20. The molecule has 3 nitrogen and oxygen atoms in total. The van der Waals surface area contributed by atoms with Gasteiger partial charge in [-0.2, -0.15) is 0 Å². The number of hydrogen-bond acceptors (Lipinski definition) is 4. The van der Waals surface area contributed by atoms with Gasteiger partial charge in [-0.1, -0.05) is 11.8 Å². The maximum Gasteiger partial charge on any atom is 0.264 e. The Bertz CT molecular complexity index is 684. The van der Waals surface area contributed by atoms with E-state index in [9.17, 15) is 4.79 Å². The molecule has 0 radical (unpaired) electrons. The van der Waals surface area contributed by atoms with Crippen molar-refractivity contribution in [1.29, 1.82) is 0 Å². The average Bonchev–Trinajstić information content (AvgIpc) is 3.03. The molecule has 0 fully saturated rings. The van der Waals surface area contributed by atoms with E-state index >= 15 is 0 Å². The lowest BCUT2D eigenvalue weighted by molar-refractivity contribution is 0.0791. The summed E-state index contributed by atoms with van der Waals surface area (Å²) in [5, 5.41) is 10.6. The van der Waals surface area contributed by atoms with Crippen LogP contribution in [0.15, 0.2) is 17.5 Å². The first-order chi connectivity index (χ1) is 10.0. The first kappa shape index (κ1) is 15.8. The zero-order valence-electron chi connectivity index (χ0n) is 12.3. The van der Waals surface area contributed by atoms with Crippen molar-refractivity contribution in [3.05, 3.63) is 43.3 Å². The summed E-state index contributed by atoms with van der Waals surface area (Å²) in [7, 11) is 1.81. The van der Waals surface area contributed by atoms with Gasteiger partial charge in [-0.05, 0) is 31.5 Å². The summed E-state index contributed by atoms with van der Waals surface area (Å²) in [4.78, 5) is 17.1. The number of thiophene rings is 2. The molecule has 5 heteroatoms. The number of nitrogens with zero attached hydrogens (tertiary/aromatic N) is 1. The lowest BCUT2D eigenvalue weighted by atomic mass is 10.2. The van der Waals surface area contributed by atoms with E-state index in [0.29, 0.717) is 6.54 Å². The Labute approximate surface area is 132 Å². The molecule has 0 saturated heterocycles. The van der Waals surface area contributed by atoms with Crippen molar-refractivity contribution < 1.29 is 9.90 Å². The molecule has 1 amide bonds. The summed E-state index contributed by atoms with van der Waals surface area (Å²) in [5.74, 6) is 5.54. The van der Waals surface area contributed by atoms with E-state index in [4.69, 9.17) is 5.11 Å². The standard InChI is InChI=1S/C16H17NO2S2/c1-11-7-15(21-12(11)2)16(19)17(3)9-14-8-13(10-20-14)5-4-6-18/h7-8,10,18H,6,9H2,1-3H3. The lowest BCUT2D eigenvalue weighted by Crippen LogP contribution is -2.24. The smallest absolute Gasteiger partial charge is 0.264 e. The highest BCUT2D eigenvalue weighted by Gasteiger charge is 2.16. The third-order valence-corrected chi connectivity index (χ3v) is 5.14. The number of carbonyl (C=O) groups is 1. The fourth-order valence-electron chi connectivity index (χ4n) is 1.84. The van der Waals surface area contributed by atoms with Crippen LogP contribution in [0.4, 0.5) is 0 Å². The van der Waals surface area contributed by atoms with Crippen molar-refractivity contribution in [3.63, 3.8) is 0 Å². The fourth-order valence-corrected chi connectivity index (χ4v) is 3.74. The summed E-state index contributed by atoms with van der Waals surface area (Å²) in [6, 6.07) is 3.91. The van der Waals surface area contributed by atoms with Crippen molar-refractivity contribution in [2.75, 3.05) is 13.7 Å². The number of aliphatic hydroxyl groups is 1. The van der Waals surface area contributed by atoms with Crippen molar-refractivity contribution in [2.24, 2.45) is 0 Å². The maximum atomic E-state index is 12.4. The van der Waals surface area contributed by atoms with Crippen molar-refractivity contribution in [2.45, 2.75) is 20.4 Å². The molecule has 0 bridgehead atoms. The minimum atomic E-state index is -0.138. The van der Waals surface area contributed by atoms with E-state index in [1.54, 1.807) is 16.2 Å². The molecule has 0 saturated carbocycles. The summed E-state index contributed by atoms with van der Waals surface area (Å²) >= 11 is 3.11. The van der Waals surface area contributed by atoms with Crippen LogP contribution in [0.5, 0.6) is 0 Å². The number of carbonyl (C=O) groups excluding carboxylic acids is 1. The van der Waals surface area contributed by atoms with E-state index in [1.807, 2.05) is 38.4 Å². The summed E-state index contributed by atoms with van der Waals surface area (Å²) < 4.78 is 0. The molecule has 0 aliphatic carbocycles. The second kappa shape index (κ2) is 6.90. The van der Waals surface area contributed by atoms with E-state index in [1.165, 1.54) is 16.2 Å². The van der Waals surface area contributed by atoms with Gasteiger partial charge in [0.25, 0.3) is 5.91 Å². The highest BCUT2D eigenvalue weighted by molar-refractivity contribution is 7.14. The Morgan fingerprint density at radius 1 is 1.38 bits per heavy atom. The lowest BCUT2D eigenvalue weighted by Gasteiger charge is -2.14. The van der Waals surface area contributed by atoms with Crippen LogP contribution in [0.3, 0.4) is 0 Å². The van der Waals surface area contributed by atoms with Gasteiger partial charge in [0.1, 0.15) is 6.61 Å². The van der Waals surface area contributed by atoms with Crippen LogP contribution in [0.2, 0.25) is 0 Å². The van der Waals surface area contributed by atoms with Gasteiger partial charge < -0.3 is 10.0 Å². The quantitative estimate of drug-likeness (QED) is 0.884. The van der Waals surface area contributed by atoms with Gasteiger partial charge in [0, 0.05) is 27.7 Å². The van der Waals surface area contributed by atoms with E-state index < -0.39 is 0 Å². The van der Waals surface area contributed by atoms with Crippen LogP contribution in [0.1, 0.15) is 30.6 Å². The van der Waals surface area contributed by atoms with Gasteiger partial charge in [-0.15, -0.1) is 22.7 Å². The Morgan fingerprint density at radius 2 is 2.14 bits per heavy atom. The molecule has 0 spiro atoms. The van der Waals surface area contributed by atoms with Gasteiger partial charge >= 0.3 is 0 Å². The molecule has 0 aliphatic rings. The number of amides is 1. The Morgan fingerprint density at radius 3 is 2.76 bits per heavy atom. The minimum absolute atomic E-state index is 0.0487. The fraction of sp³-hybridized carbons (Fsp3) is 0.312. The monoisotopic (exact) mass is 319 g/mol. The molecule has 1 N–H and O–H groups in total. The first-order valence-electron chi connectivity index (χ1n) is 6.51. The molecule has 110 valence electrons. The molecule has 2 rings (SSSR count). The molecule has 2 aromatic heterocycles. The average molecular weight is 319 g/mol. The van der Waals surface area contributed by atoms with Crippen LogP contribution < -0.4 is 0 Å². The highest BCUT2D eigenvalue weighted by Crippen LogP contribution is 2.23. The molecule has 2 aromatic rings. The predicted molar refractivity (Wildman–Crippen MR) is 87.9 cm³/mol. The van der Waals surface area contributed by atoms with Crippen molar-refractivity contribution in [3.8, 4) is 11.8 Å². The summed E-state index contributed by atoms with van der Waals surface area (Å²) in [6.45, 7) is 4.48. The Hall–Kier alpha value is -1.61. The third kappa shape index (κ3) is 3.94. The highest BCUT2D eigenvalue weighted by atomic mass is 32.1. The predicted octanol–water partition coefficient (Wildman–Crippen LogP) is 3.04. The van der Waals surface area contributed by atoms with Crippen LogP contribution in [0.25, 0.3) is 0 Å². The number of hydrogen-bond donors (Lipinski definition) is 1. The number of aryl methyl sites for hydroxylation is 2. The van der Waals surface area contributed by atoms with Gasteiger partial charge in [0.05, 0.1) is 11.4 Å². The molecular formula is C16H17NO2S2. The van der Waals surface area contributed by atoms with Gasteiger partial charge in [0.2, 0.25) is 0 Å². The van der Waals surface area contributed by atoms with Crippen LogP contribution in [-0.4, -0.2) is 29.6 Å². The summed E-state index contributed by atoms with van der Waals surface area (Å²) in [5.41, 5.74) is 2.04. The topological polar surface area (TPSA) is 40.5 Å².